The number of fused-ring (bicyclic) bond motifs is 1. The zero-order valence-electron chi connectivity index (χ0n) is 14.5. The van der Waals surface area contributed by atoms with Crippen LogP contribution in [-0.4, -0.2) is 16.5 Å². The van der Waals surface area contributed by atoms with Crippen molar-refractivity contribution < 1.29 is 4.74 Å². The Morgan fingerprint density at radius 2 is 2.07 bits per heavy atom. The second-order valence-corrected chi connectivity index (χ2v) is 7.18. The molecule has 0 fully saturated rings. The molecule has 1 N–H and O–H groups in total. The van der Waals surface area contributed by atoms with Crippen molar-refractivity contribution in [2.75, 3.05) is 7.11 Å². The summed E-state index contributed by atoms with van der Waals surface area (Å²) < 4.78 is 7.18. The Morgan fingerprint density at radius 1 is 1.19 bits per heavy atom. The third-order valence-electron chi connectivity index (χ3n) is 4.22. The molecule has 0 radical (unpaired) electrons. The highest BCUT2D eigenvalue weighted by Crippen LogP contribution is 2.29. The van der Waals surface area contributed by atoms with Gasteiger partial charge < -0.3 is 4.74 Å². The fraction of sp³-hybridized carbons (Fsp3) is 0.0476. The van der Waals surface area contributed by atoms with E-state index in [0.717, 1.165) is 33.0 Å². The van der Waals surface area contributed by atoms with Gasteiger partial charge in [-0.1, -0.05) is 42.0 Å². The van der Waals surface area contributed by atoms with Gasteiger partial charge in [0.15, 0.2) is 0 Å². The molecule has 3 aromatic heterocycles. The first-order chi connectivity index (χ1) is 13.2. The molecule has 0 unspecified atom stereocenters. The van der Waals surface area contributed by atoms with E-state index < -0.39 is 0 Å². The zero-order valence-corrected chi connectivity index (χ0v) is 16.1. The van der Waals surface area contributed by atoms with E-state index in [0.29, 0.717) is 5.02 Å². The van der Waals surface area contributed by atoms with Gasteiger partial charge in [-0.15, -0.1) is 11.3 Å². The monoisotopic (exact) mass is 393 g/mol. The maximum Gasteiger partial charge on any atom is 0.150 e. The molecule has 0 aliphatic carbocycles. The Morgan fingerprint density at radius 3 is 2.85 bits per heavy atom. The summed E-state index contributed by atoms with van der Waals surface area (Å²) in [5.41, 5.74) is 3.96. The standard InChI is InChI=1S/C21H16ClN3OS/c1-26-17-6-2-5-15(10-17)18-13-27-19-11-16(20(22)21(23)25(18)19)8-7-14-4-3-9-24-12-14/h2-13,23H,1H3/b8-7+,23-21?. The van der Waals surface area contributed by atoms with Crippen molar-refractivity contribution in [2.24, 2.45) is 0 Å². The number of ether oxygens (including phenoxy) is 1. The minimum absolute atomic E-state index is 0.263. The molecule has 0 saturated heterocycles. The number of pyridine rings is 2. The molecule has 4 aromatic rings. The molecule has 0 bridgehead atoms. The molecular weight excluding hydrogens is 378 g/mol. The van der Waals surface area contributed by atoms with Crippen LogP contribution in [0.3, 0.4) is 0 Å². The summed E-state index contributed by atoms with van der Waals surface area (Å²) in [6.07, 6.45) is 7.38. The Kier molecular flexibility index (Phi) is 4.79. The molecule has 0 atom stereocenters. The second kappa shape index (κ2) is 7.39. The van der Waals surface area contributed by atoms with Crippen molar-refractivity contribution >= 4 is 39.9 Å². The fourth-order valence-corrected chi connectivity index (χ4v) is 4.03. The SMILES string of the molecule is COc1cccc(-c2csc3cc(/C=C/c4cccnc4)c(Cl)c(=N)n23)c1. The lowest BCUT2D eigenvalue weighted by atomic mass is 10.1. The average molecular weight is 394 g/mol. The van der Waals surface area contributed by atoms with E-state index in [-0.39, 0.29) is 5.49 Å². The van der Waals surface area contributed by atoms with E-state index in [1.54, 1.807) is 30.8 Å². The number of hydrogen-bond acceptors (Lipinski definition) is 4. The smallest absolute Gasteiger partial charge is 0.150 e. The molecule has 134 valence electrons. The lowest BCUT2D eigenvalue weighted by molar-refractivity contribution is 0.415. The highest BCUT2D eigenvalue weighted by Gasteiger charge is 2.12. The summed E-state index contributed by atoms with van der Waals surface area (Å²) >= 11 is 8.10. The zero-order chi connectivity index (χ0) is 18.8. The molecule has 6 heteroatoms. The lowest BCUT2D eigenvalue weighted by Crippen LogP contribution is -2.15. The average Bonchev–Trinajstić information content (AvgIpc) is 3.14. The van der Waals surface area contributed by atoms with Crippen molar-refractivity contribution in [2.45, 2.75) is 0 Å². The van der Waals surface area contributed by atoms with Crippen LogP contribution in [0.2, 0.25) is 5.02 Å². The minimum atomic E-state index is 0.263. The number of aromatic nitrogens is 2. The fourth-order valence-electron chi connectivity index (χ4n) is 2.86. The topological polar surface area (TPSA) is 50.4 Å². The van der Waals surface area contributed by atoms with E-state index in [4.69, 9.17) is 21.7 Å². The van der Waals surface area contributed by atoms with Gasteiger partial charge in [-0.25, -0.2) is 0 Å². The van der Waals surface area contributed by atoms with Crippen molar-refractivity contribution in [3.8, 4) is 17.0 Å². The summed E-state index contributed by atoms with van der Waals surface area (Å²) in [7, 11) is 1.64. The number of nitrogens with zero attached hydrogens (tertiary/aromatic N) is 2. The van der Waals surface area contributed by atoms with Crippen LogP contribution in [0.5, 0.6) is 5.75 Å². The quantitative estimate of drug-likeness (QED) is 0.506. The van der Waals surface area contributed by atoms with Crippen LogP contribution in [0.25, 0.3) is 28.2 Å². The maximum atomic E-state index is 8.58. The molecule has 4 rings (SSSR count). The first-order valence-corrected chi connectivity index (χ1v) is 9.53. The summed E-state index contributed by atoms with van der Waals surface area (Å²) in [6, 6.07) is 13.7. The van der Waals surface area contributed by atoms with Crippen molar-refractivity contribution in [1.29, 1.82) is 5.41 Å². The Bertz CT molecular complexity index is 1200. The van der Waals surface area contributed by atoms with Crippen molar-refractivity contribution in [3.05, 3.63) is 81.9 Å². The molecule has 0 amide bonds. The number of hydrogen-bond donors (Lipinski definition) is 1. The van der Waals surface area contributed by atoms with Crippen LogP contribution in [0.1, 0.15) is 11.1 Å². The van der Waals surface area contributed by atoms with Gasteiger partial charge in [0.25, 0.3) is 0 Å². The number of benzene rings is 1. The number of methoxy groups -OCH3 is 1. The molecule has 1 aromatic carbocycles. The van der Waals surface area contributed by atoms with Crippen molar-refractivity contribution in [1.82, 2.24) is 9.38 Å². The van der Waals surface area contributed by atoms with Gasteiger partial charge >= 0.3 is 0 Å². The number of rotatable bonds is 4. The molecule has 0 aliphatic heterocycles. The predicted molar refractivity (Wildman–Crippen MR) is 111 cm³/mol. The first kappa shape index (κ1) is 17.5. The van der Waals surface area contributed by atoms with Crippen LogP contribution in [0.15, 0.2) is 60.2 Å². The summed E-state index contributed by atoms with van der Waals surface area (Å²) in [4.78, 5) is 5.06. The van der Waals surface area contributed by atoms with Crippen LogP contribution in [0, 0.1) is 5.41 Å². The maximum absolute atomic E-state index is 8.58. The summed E-state index contributed by atoms with van der Waals surface area (Å²) in [5.74, 6) is 0.779. The van der Waals surface area contributed by atoms with Crippen molar-refractivity contribution in [3.63, 3.8) is 0 Å². The molecular formula is C21H16ClN3OS. The van der Waals surface area contributed by atoms with E-state index >= 15 is 0 Å². The lowest BCUT2D eigenvalue weighted by Gasteiger charge is -2.07. The van der Waals surface area contributed by atoms with Gasteiger partial charge in [-0.2, -0.15) is 0 Å². The number of thiazole rings is 1. The summed E-state index contributed by atoms with van der Waals surface area (Å²) in [6.45, 7) is 0. The van der Waals surface area contributed by atoms with Gasteiger partial charge in [0, 0.05) is 23.3 Å². The predicted octanol–water partition coefficient (Wildman–Crippen LogP) is 5.37. The number of halogens is 1. The second-order valence-electron chi connectivity index (χ2n) is 5.91. The highest BCUT2D eigenvalue weighted by atomic mass is 35.5. The molecule has 27 heavy (non-hydrogen) atoms. The van der Waals surface area contributed by atoms with Gasteiger partial charge in [-0.3, -0.25) is 14.8 Å². The minimum Gasteiger partial charge on any atom is -0.497 e. The normalized spacial score (nSPS) is 11.3. The van der Waals surface area contributed by atoms with Crippen LogP contribution >= 0.6 is 22.9 Å². The molecule has 3 heterocycles. The molecule has 0 spiro atoms. The van der Waals surface area contributed by atoms with Crippen LogP contribution in [0.4, 0.5) is 0 Å². The molecule has 0 saturated carbocycles. The van der Waals surface area contributed by atoms with E-state index in [2.05, 4.69) is 4.98 Å². The Hall–Kier alpha value is -2.89. The molecule has 0 aliphatic rings. The third kappa shape index (κ3) is 3.39. The van der Waals surface area contributed by atoms with E-state index in [9.17, 15) is 0 Å². The Labute approximate surface area is 165 Å². The van der Waals surface area contributed by atoms with Crippen LogP contribution < -0.4 is 10.2 Å². The third-order valence-corrected chi connectivity index (χ3v) is 5.50. The van der Waals surface area contributed by atoms with Gasteiger partial charge in [0.2, 0.25) is 0 Å². The first-order valence-electron chi connectivity index (χ1n) is 8.27. The van der Waals surface area contributed by atoms with Crippen LogP contribution in [-0.2, 0) is 0 Å². The largest absolute Gasteiger partial charge is 0.497 e. The van der Waals surface area contributed by atoms with E-state index in [1.165, 1.54) is 0 Å². The van der Waals surface area contributed by atoms with Gasteiger partial charge in [0.05, 0.1) is 17.8 Å². The number of nitrogens with one attached hydrogen (secondary N) is 1. The van der Waals surface area contributed by atoms with E-state index in [1.807, 2.05) is 64.4 Å². The Balaban J connectivity index is 1.82. The molecule has 4 nitrogen and oxygen atoms in total. The summed E-state index contributed by atoms with van der Waals surface area (Å²) in [5, 5.41) is 11.0. The van der Waals surface area contributed by atoms with Gasteiger partial charge in [0.1, 0.15) is 16.1 Å². The van der Waals surface area contributed by atoms with Gasteiger partial charge in [-0.05, 0) is 35.4 Å². The highest BCUT2D eigenvalue weighted by molar-refractivity contribution is 7.16.